The van der Waals surface area contributed by atoms with Gasteiger partial charge in [0.05, 0.1) is 19.8 Å². The Labute approximate surface area is 166 Å². The summed E-state index contributed by atoms with van der Waals surface area (Å²) < 4.78 is 16.4. The smallest absolute Gasteiger partial charge is 0.161 e. The van der Waals surface area contributed by atoms with Gasteiger partial charge in [-0.15, -0.1) is 11.3 Å². The highest BCUT2D eigenvalue weighted by atomic mass is 32.1. The Bertz CT molecular complexity index is 1180. The zero-order chi connectivity index (χ0) is 19.5. The molecule has 0 spiro atoms. The fourth-order valence-corrected chi connectivity index (χ4v) is 3.64. The van der Waals surface area contributed by atoms with Gasteiger partial charge in [-0.1, -0.05) is 24.3 Å². The van der Waals surface area contributed by atoms with Gasteiger partial charge in [-0.3, -0.25) is 0 Å². The van der Waals surface area contributed by atoms with Crippen LogP contribution in [-0.4, -0.2) is 19.2 Å². The van der Waals surface area contributed by atoms with Gasteiger partial charge in [-0.25, -0.2) is 4.98 Å². The van der Waals surface area contributed by atoms with E-state index in [0.29, 0.717) is 33.5 Å². The third-order valence-corrected chi connectivity index (χ3v) is 5.13. The van der Waals surface area contributed by atoms with Gasteiger partial charge >= 0.3 is 0 Å². The maximum Gasteiger partial charge on any atom is 0.161 e. The molecular formula is C22H16N2O3S. The normalized spacial score (nSPS) is 11.4. The van der Waals surface area contributed by atoms with Crippen LogP contribution >= 0.6 is 11.3 Å². The Morgan fingerprint density at radius 1 is 1.11 bits per heavy atom. The summed E-state index contributed by atoms with van der Waals surface area (Å²) in [7, 11) is 3.17. The highest BCUT2D eigenvalue weighted by Crippen LogP contribution is 2.32. The number of hydrogen-bond acceptors (Lipinski definition) is 6. The first-order valence-electron chi connectivity index (χ1n) is 8.50. The predicted octanol–water partition coefficient (Wildman–Crippen LogP) is 5.64. The van der Waals surface area contributed by atoms with Gasteiger partial charge in [0.1, 0.15) is 22.4 Å². The number of allylic oxidation sites excluding steroid dienone is 1. The van der Waals surface area contributed by atoms with Gasteiger partial charge in [-0.05, 0) is 35.9 Å². The summed E-state index contributed by atoms with van der Waals surface area (Å²) >= 11 is 1.41. The molecule has 0 fully saturated rings. The van der Waals surface area contributed by atoms with Crippen LogP contribution in [0.5, 0.6) is 11.5 Å². The summed E-state index contributed by atoms with van der Waals surface area (Å²) in [6.45, 7) is 0. The lowest BCUT2D eigenvalue weighted by atomic mass is 10.1. The van der Waals surface area contributed by atoms with E-state index in [1.807, 2.05) is 47.8 Å². The van der Waals surface area contributed by atoms with E-state index in [1.165, 1.54) is 11.3 Å². The number of furan rings is 1. The van der Waals surface area contributed by atoms with Gasteiger partial charge in [0.2, 0.25) is 0 Å². The Morgan fingerprint density at radius 3 is 2.68 bits per heavy atom. The number of rotatable bonds is 5. The first kappa shape index (κ1) is 17.8. The van der Waals surface area contributed by atoms with E-state index in [-0.39, 0.29) is 0 Å². The lowest BCUT2D eigenvalue weighted by Crippen LogP contribution is -1.90. The molecule has 0 amide bonds. The van der Waals surface area contributed by atoms with Crippen molar-refractivity contribution in [2.24, 2.45) is 0 Å². The fourth-order valence-electron chi connectivity index (χ4n) is 2.87. The summed E-state index contributed by atoms with van der Waals surface area (Å²) in [6.07, 6.45) is 1.78. The maximum atomic E-state index is 9.63. The van der Waals surface area contributed by atoms with Crippen LogP contribution in [0.3, 0.4) is 0 Å². The number of aromatic nitrogens is 1. The second kappa shape index (κ2) is 7.59. The van der Waals surface area contributed by atoms with Crippen LogP contribution in [-0.2, 0) is 0 Å². The molecule has 2 heterocycles. The number of methoxy groups -OCH3 is 2. The molecule has 4 rings (SSSR count). The molecule has 2 aromatic heterocycles. The summed E-state index contributed by atoms with van der Waals surface area (Å²) in [6, 6.07) is 17.5. The predicted molar refractivity (Wildman–Crippen MR) is 110 cm³/mol. The minimum atomic E-state index is 0.472. The number of para-hydroxylation sites is 1. The molecule has 5 nitrogen and oxygen atoms in total. The van der Waals surface area contributed by atoms with Crippen LogP contribution in [0.2, 0.25) is 0 Å². The van der Waals surface area contributed by atoms with Crippen molar-refractivity contribution in [3.63, 3.8) is 0 Å². The number of thiazole rings is 1. The highest BCUT2D eigenvalue weighted by Gasteiger charge is 2.13. The number of nitriles is 1. The van der Waals surface area contributed by atoms with E-state index in [4.69, 9.17) is 13.9 Å². The van der Waals surface area contributed by atoms with Crippen molar-refractivity contribution < 1.29 is 13.9 Å². The van der Waals surface area contributed by atoms with Crippen LogP contribution in [0.15, 0.2) is 58.3 Å². The molecular weight excluding hydrogens is 372 g/mol. The molecule has 0 aliphatic heterocycles. The average Bonchev–Trinajstić information content (AvgIpc) is 3.38. The topological polar surface area (TPSA) is 68.3 Å². The monoisotopic (exact) mass is 388 g/mol. The van der Waals surface area contributed by atoms with Crippen molar-refractivity contribution in [2.75, 3.05) is 14.2 Å². The molecule has 0 bridgehead atoms. The molecule has 28 heavy (non-hydrogen) atoms. The Kier molecular flexibility index (Phi) is 4.83. The van der Waals surface area contributed by atoms with Crippen LogP contribution in [0.1, 0.15) is 10.6 Å². The lowest BCUT2D eigenvalue weighted by molar-refractivity contribution is 0.355. The van der Waals surface area contributed by atoms with Gasteiger partial charge in [0, 0.05) is 10.8 Å². The lowest BCUT2D eigenvalue weighted by Gasteiger charge is -2.07. The molecule has 0 saturated carbocycles. The molecule has 6 heteroatoms. The molecule has 0 aliphatic carbocycles. The maximum absolute atomic E-state index is 9.63. The van der Waals surface area contributed by atoms with Crippen molar-refractivity contribution in [1.82, 2.24) is 4.98 Å². The highest BCUT2D eigenvalue weighted by molar-refractivity contribution is 7.11. The number of nitrogens with zero attached hydrogens (tertiary/aromatic N) is 2. The molecule has 0 N–H and O–H groups in total. The van der Waals surface area contributed by atoms with E-state index in [2.05, 4.69) is 11.1 Å². The average molecular weight is 388 g/mol. The van der Waals surface area contributed by atoms with E-state index in [9.17, 15) is 5.26 Å². The van der Waals surface area contributed by atoms with Crippen molar-refractivity contribution in [1.29, 1.82) is 5.26 Å². The standard InChI is InChI=1S/C22H16N2O3S/c1-25-19-8-7-14(10-21(19)26-2)9-16(12-23)22-24-17(13-28-22)20-11-15-5-3-4-6-18(15)27-20/h3-11,13H,1-2H3/b16-9+. The van der Waals surface area contributed by atoms with Crippen LogP contribution in [0.25, 0.3) is 34.1 Å². The zero-order valence-electron chi connectivity index (χ0n) is 15.3. The third kappa shape index (κ3) is 3.36. The molecule has 0 radical (unpaired) electrons. The number of fused-ring (bicyclic) bond motifs is 1. The van der Waals surface area contributed by atoms with E-state index in [1.54, 1.807) is 26.4 Å². The number of benzene rings is 2. The zero-order valence-corrected chi connectivity index (χ0v) is 16.1. The minimum Gasteiger partial charge on any atom is -0.493 e. The quantitative estimate of drug-likeness (QED) is 0.414. The van der Waals surface area contributed by atoms with Gasteiger partial charge in [0.15, 0.2) is 17.3 Å². The second-order valence-corrected chi connectivity index (χ2v) is 6.83. The Balaban J connectivity index is 1.68. The van der Waals surface area contributed by atoms with Crippen molar-refractivity contribution in [3.8, 4) is 29.0 Å². The SMILES string of the molecule is COc1ccc(/C=C(\C#N)c2nc(-c3cc4ccccc4o3)cs2)cc1OC. The van der Waals surface area contributed by atoms with Crippen molar-refractivity contribution in [3.05, 3.63) is 64.5 Å². The Morgan fingerprint density at radius 2 is 1.93 bits per heavy atom. The van der Waals surface area contributed by atoms with E-state index < -0.39 is 0 Å². The number of hydrogen-bond donors (Lipinski definition) is 0. The largest absolute Gasteiger partial charge is 0.493 e. The minimum absolute atomic E-state index is 0.472. The van der Waals surface area contributed by atoms with Gasteiger partial charge < -0.3 is 13.9 Å². The second-order valence-electron chi connectivity index (χ2n) is 5.97. The van der Waals surface area contributed by atoms with Crippen LogP contribution in [0.4, 0.5) is 0 Å². The van der Waals surface area contributed by atoms with Gasteiger partial charge in [0.25, 0.3) is 0 Å². The molecule has 0 saturated heterocycles. The molecule has 0 atom stereocenters. The molecule has 138 valence electrons. The van der Waals surface area contributed by atoms with E-state index in [0.717, 1.165) is 16.5 Å². The Hall–Kier alpha value is -3.56. The summed E-state index contributed by atoms with van der Waals surface area (Å²) in [4.78, 5) is 4.60. The van der Waals surface area contributed by atoms with Gasteiger partial charge in [-0.2, -0.15) is 5.26 Å². The molecule has 0 unspecified atom stereocenters. The van der Waals surface area contributed by atoms with E-state index >= 15 is 0 Å². The first-order valence-corrected chi connectivity index (χ1v) is 9.38. The molecule has 4 aromatic rings. The van der Waals surface area contributed by atoms with Crippen molar-refractivity contribution in [2.45, 2.75) is 0 Å². The number of ether oxygens (including phenoxy) is 2. The fraction of sp³-hybridized carbons (Fsp3) is 0.0909. The summed E-state index contributed by atoms with van der Waals surface area (Å²) in [5, 5.41) is 13.2. The third-order valence-electron chi connectivity index (χ3n) is 4.25. The first-order chi connectivity index (χ1) is 13.7. The van der Waals surface area contributed by atoms with Crippen LogP contribution in [0, 0.1) is 11.3 Å². The molecule has 0 aliphatic rings. The van der Waals surface area contributed by atoms with Crippen LogP contribution < -0.4 is 9.47 Å². The molecule has 2 aromatic carbocycles. The van der Waals surface area contributed by atoms with Crippen molar-refractivity contribution >= 4 is 34.0 Å². The summed E-state index contributed by atoms with van der Waals surface area (Å²) in [5.74, 6) is 1.93. The summed E-state index contributed by atoms with van der Waals surface area (Å²) in [5.41, 5.74) is 2.83.